The number of aromatic nitrogens is 2. The fourth-order valence-electron chi connectivity index (χ4n) is 1.37. The average molecular weight is 232 g/mol. The van der Waals surface area contributed by atoms with Crippen LogP contribution in [0.4, 0.5) is 0 Å². The SMILES string of the molecule is CCOCCNCc1c(Cl)c(C)nn1C. The lowest BCUT2D eigenvalue weighted by atomic mass is 10.3. The van der Waals surface area contributed by atoms with Gasteiger partial charge in [0.15, 0.2) is 0 Å². The monoisotopic (exact) mass is 231 g/mol. The zero-order chi connectivity index (χ0) is 11.3. The molecule has 4 nitrogen and oxygen atoms in total. The van der Waals surface area contributed by atoms with Crippen LogP contribution in [0.2, 0.25) is 5.02 Å². The molecule has 0 amide bonds. The van der Waals surface area contributed by atoms with Crippen molar-refractivity contribution in [1.29, 1.82) is 0 Å². The predicted octanol–water partition coefficient (Wildman–Crippen LogP) is 1.51. The topological polar surface area (TPSA) is 39.1 Å². The van der Waals surface area contributed by atoms with Gasteiger partial charge in [-0.05, 0) is 13.8 Å². The summed E-state index contributed by atoms with van der Waals surface area (Å²) in [5.74, 6) is 0. The molecule has 86 valence electrons. The fourth-order valence-corrected chi connectivity index (χ4v) is 1.59. The van der Waals surface area contributed by atoms with E-state index < -0.39 is 0 Å². The first-order valence-electron chi connectivity index (χ1n) is 5.13. The summed E-state index contributed by atoms with van der Waals surface area (Å²) in [5, 5.41) is 8.25. The lowest BCUT2D eigenvalue weighted by molar-refractivity contribution is 0.149. The van der Waals surface area contributed by atoms with Gasteiger partial charge in [-0.1, -0.05) is 11.6 Å². The van der Waals surface area contributed by atoms with Gasteiger partial charge in [-0.3, -0.25) is 4.68 Å². The van der Waals surface area contributed by atoms with E-state index in [0.717, 1.165) is 42.7 Å². The number of aryl methyl sites for hydroxylation is 2. The summed E-state index contributed by atoms with van der Waals surface area (Å²) in [6.07, 6.45) is 0. The van der Waals surface area contributed by atoms with E-state index in [4.69, 9.17) is 16.3 Å². The first-order chi connectivity index (χ1) is 7.16. The van der Waals surface area contributed by atoms with Crippen molar-refractivity contribution in [2.24, 2.45) is 7.05 Å². The maximum Gasteiger partial charge on any atom is 0.0860 e. The molecule has 1 aromatic heterocycles. The van der Waals surface area contributed by atoms with Crippen LogP contribution in [0.15, 0.2) is 0 Å². The van der Waals surface area contributed by atoms with Crippen LogP contribution in [0.5, 0.6) is 0 Å². The molecule has 15 heavy (non-hydrogen) atoms. The molecule has 1 rings (SSSR count). The molecule has 0 saturated carbocycles. The highest BCUT2D eigenvalue weighted by molar-refractivity contribution is 6.31. The minimum absolute atomic E-state index is 0.725. The van der Waals surface area contributed by atoms with Crippen LogP contribution >= 0.6 is 11.6 Å². The van der Waals surface area contributed by atoms with Gasteiger partial charge in [0, 0.05) is 26.7 Å². The minimum Gasteiger partial charge on any atom is -0.380 e. The zero-order valence-corrected chi connectivity index (χ0v) is 10.3. The molecule has 0 aliphatic rings. The summed E-state index contributed by atoms with van der Waals surface area (Å²) in [6.45, 7) is 6.93. The molecule has 1 N–H and O–H groups in total. The summed E-state index contributed by atoms with van der Waals surface area (Å²) < 4.78 is 7.03. The van der Waals surface area contributed by atoms with Crippen molar-refractivity contribution in [3.8, 4) is 0 Å². The van der Waals surface area contributed by atoms with Crippen LogP contribution < -0.4 is 5.32 Å². The van der Waals surface area contributed by atoms with E-state index in [-0.39, 0.29) is 0 Å². The Morgan fingerprint density at radius 1 is 1.53 bits per heavy atom. The molecule has 0 unspecified atom stereocenters. The second-order valence-corrected chi connectivity index (χ2v) is 3.72. The van der Waals surface area contributed by atoms with Gasteiger partial charge >= 0.3 is 0 Å². The average Bonchev–Trinajstić information content (AvgIpc) is 2.44. The summed E-state index contributed by atoms with van der Waals surface area (Å²) in [4.78, 5) is 0. The number of nitrogens with zero attached hydrogens (tertiary/aromatic N) is 2. The Labute approximate surface area is 95.6 Å². The van der Waals surface area contributed by atoms with E-state index in [1.807, 2.05) is 25.6 Å². The first kappa shape index (κ1) is 12.5. The fraction of sp³-hybridized carbons (Fsp3) is 0.700. The Balaban J connectivity index is 2.37. The molecule has 0 fully saturated rings. The third kappa shape index (κ3) is 3.48. The van der Waals surface area contributed by atoms with Gasteiger partial charge in [0.2, 0.25) is 0 Å². The lowest BCUT2D eigenvalue weighted by Crippen LogP contribution is -2.20. The van der Waals surface area contributed by atoms with Crippen LogP contribution in [0.1, 0.15) is 18.3 Å². The third-order valence-electron chi connectivity index (χ3n) is 2.18. The highest BCUT2D eigenvalue weighted by Crippen LogP contribution is 2.18. The number of halogens is 1. The van der Waals surface area contributed by atoms with Crippen LogP contribution in [-0.4, -0.2) is 29.5 Å². The highest BCUT2D eigenvalue weighted by Gasteiger charge is 2.09. The smallest absolute Gasteiger partial charge is 0.0860 e. The van der Waals surface area contributed by atoms with E-state index in [0.29, 0.717) is 0 Å². The number of nitrogens with one attached hydrogen (secondary N) is 1. The lowest BCUT2D eigenvalue weighted by Gasteiger charge is -2.05. The molecule has 0 aliphatic heterocycles. The Kier molecular flexibility index (Phi) is 5.08. The van der Waals surface area contributed by atoms with E-state index >= 15 is 0 Å². The molecule has 0 aromatic carbocycles. The first-order valence-corrected chi connectivity index (χ1v) is 5.51. The van der Waals surface area contributed by atoms with Crippen LogP contribution in [0.3, 0.4) is 0 Å². The third-order valence-corrected chi connectivity index (χ3v) is 2.67. The number of rotatable bonds is 6. The molecule has 5 heteroatoms. The van der Waals surface area contributed by atoms with Crippen LogP contribution in [0.25, 0.3) is 0 Å². The predicted molar refractivity (Wildman–Crippen MR) is 61.2 cm³/mol. The highest BCUT2D eigenvalue weighted by atomic mass is 35.5. The standard InChI is InChI=1S/C10H18ClN3O/c1-4-15-6-5-12-7-9-10(11)8(2)13-14(9)3/h12H,4-7H2,1-3H3. The minimum atomic E-state index is 0.725. The van der Waals surface area contributed by atoms with Gasteiger partial charge in [-0.25, -0.2) is 0 Å². The molecule has 1 aromatic rings. The molecule has 0 spiro atoms. The molecular formula is C10H18ClN3O. The second kappa shape index (κ2) is 6.10. The maximum atomic E-state index is 6.10. The Morgan fingerprint density at radius 3 is 2.80 bits per heavy atom. The second-order valence-electron chi connectivity index (χ2n) is 3.34. The normalized spacial score (nSPS) is 10.9. The van der Waals surface area contributed by atoms with Crippen molar-refractivity contribution in [3.63, 3.8) is 0 Å². The number of hydrogen-bond acceptors (Lipinski definition) is 3. The molecule has 0 saturated heterocycles. The van der Waals surface area contributed by atoms with E-state index in [9.17, 15) is 0 Å². The number of hydrogen-bond donors (Lipinski definition) is 1. The molecule has 0 bridgehead atoms. The van der Waals surface area contributed by atoms with Crippen LogP contribution in [-0.2, 0) is 18.3 Å². The van der Waals surface area contributed by atoms with Gasteiger partial charge in [0.1, 0.15) is 0 Å². The molecule has 0 aliphatic carbocycles. The van der Waals surface area contributed by atoms with Gasteiger partial charge < -0.3 is 10.1 Å². The Bertz CT molecular complexity index is 312. The van der Waals surface area contributed by atoms with E-state index in [1.54, 1.807) is 0 Å². The molecular weight excluding hydrogens is 214 g/mol. The van der Waals surface area contributed by atoms with Gasteiger partial charge in [0.05, 0.1) is 23.0 Å². The van der Waals surface area contributed by atoms with Crippen molar-refractivity contribution >= 4 is 11.6 Å². The summed E-state index contributed by atoms with van der Waals surface area (Å²) in [7, 11) is 1.90. The molecule has 0 atom stereocenters. The van der Waals surface area contributed by atoms with Crippen molar-refractivity contribution < 1.29 is 4.74 Å². The van der Waals surface area contributed by atoms with Crippen molar-refractivity contribution in [1.82, 2.24) is 15.1 Å². The Hall–Kier alpha value is -0.580. The van der Waals surface area contributed by atoms with Crippen molar-refractivity contribution in [3.05, 3.63) is 16.4 Å². The quantitative estimate of drug-likeness (QED) is 0.755. The van der Waals surface area contributed by atoms with Crippen LogP contribution in [0, 0.1) is 6.92 Å². The summed E-state index contributed by atoms with van der Waals surface area (Å²) >= 11 is 6.10. The van der Waals surface area contributed by atoms with Gasteiger partial charge in [0.25, 0.3) is 0 Å². The summed E-state index contributed by atoms with van der Waals surface area (Å²) in [5.41, 5.74) is 1.89. The summed E-state index contributed by atoms with van der Waals surface area (Å²) in [6, 6.07) is 0. The zero-order valence-electron chi connectivity index (χ0n) is 9.51. The largest absolute Gasteiger partial charge is 0.380 e. The Morgan fingerprint density at radius 2 is 2.27 bits per heavy atom. The number of ether oxygens (including phenoxy) is 1. The van der Waals surface area contributed by atoms with Crippen molar-refractivity contribution in [2.75, 3.05) is 19.8 Å². The van der Waals surface area contributed by atoms with Crippen molar-refractivity contribution in [2.45, 2.75) is 20.4 Å². The maximum absolute atomic E-state index is 6.10. The van der Waals surface area contributed by atoms with E-state index in [2.05, 4.69) is 10.4 Å². The van der Waals surface area contributed by atoms with E-state index in [1.165, 1.54) is 0 Å². The molecule has 0 radical (unpaired) electrons. The molecule has 1 heterocycles. The van der Waals surface area contributed by atoms with Gasteiger partial charge in [-0.15, -0.1) is 0 Å². The van der Waals surface area contributed by atoms with Gasteiger partial charge in [-0.2, -0.15) is 5.10 Å².